The lowest BCUT2D eigenvalue weighted by Gasteiger charge is -2.42. The van der Waals surface area contributed by atoms with Gasteiger partial charge in [-0.3, -0.25) is 9.36 Å². The molecule has 0 aliphatic heterocycles. The Morgan fingerprint density at radius 2 is 1.92 bits per heavy atom. The maximum atomic E-state index is 12.7. The van der Waals surface area contributed by atoms with E-state index in [4.69, 9.17) is 4.42 Å². The Bertz CT molecular complexity index is 997. The maximum Gasteiger partial charge on any atom is 0.419 e. The summed E-state index contributed by atoms with van der Waals surface area (Å²) in [4.78, 5) is 24.5. The monoisotopic (exact) mass is 350 g/mol. The van der Waals surface area contributed by atoms with Crippen LogP contribution in [-0.4, -0.2) is 17.0 Å². The van der Waals surface area contributed by atoms with E-state index in [1.165, 1.54) is 16.6 Å². The van der Waals surface area contributed by atoms with Crippen LogP contribution in [-0.2, 0) is 13.5 Å². The van der Waals surface area contributed by atoms with Gasteiger partial charge < -0.3 is 9.73 Å². The van der Waals surface area contributed by atoms with E-state index in [0.29, 0.717) is 23.2 Å². The minimum absolute atomic E-state index is 0.127. The molecule has 2 aromatic carbocycles. The van der Waals surface area contributed by atoms with Crippen molar-refractivity contribution in [3.8, 4) is 0 Å². The number of hydrogen-bond acceptors (Lipinski definition) is 3. The zero-order chi connectivity index (χ0) is 18.1. The summed E-state index contributed by atoms with van der Waals surface area (Å²) in [5.74, 6) is -0.649. The molecule has 0 unspecified atom stereocenters. The average molecular weight is 350 g/mol. The van der Waals surface area contributed by atoms with Gasteiger partial charge >= 0.3 is 5.76 Å². The first-order valence-electron chi connectivity index (χ1n) is 8.99. The standard InChI is InChI=1S/C21H22N2O3/c1-23-17-10-5-9-16(18(17)26-20(23)25)19(24)22-14-21(11-6-12-21)13-15-7-3-2-4-8-15/h2-5,7-10H,6,11-14H2,1H3,(H,22,24). The van der Waals surface area contributed by atoms with Gasteiger partial charge in [0.1, 0.15) is 0 Å². The average Bonchev–Trinajstić information content (AvgIpc) is 2.92. The summed E-state index contributed by atoms with van der Waals surface area (Å²) in [5, 5.41) is 3.07. The smallest absolute Gasteiger partial charge is 0.407 e. The first kappa shape index (κ1) is 16.6. The van der Waals surface area contributed by atoms with E-state index in [-0.39, 0.29) is 11.3 Å². The molecule has 26 heavy (non-hydrogen) atoms. The number of carbonyl (C=O) groups is 1. The van der Waals surface area contributed by atoms with Crippen molar-refractivity contribution in [2.24, 2.45) is 12.5 Å². The molecule has 1 heterocycles. The zero-order valence-electron chi connectivity index (χ0n) is 14.8. The summed E-state index contributed by atoms with van der Waals surface area (Å²) in [6, 6.07) is 15.7. The number of oxazole rings is 1. The Kier molecular flexibility index (Phi) is 4.15. The van der Waals surface area contributed by atoms with Gasteiger partial charge in [0.2, 0.25) is 0 Å². The van der Waals surface area contributed by atoms with Crippen LogP contribution in [0.2, 0.25) is 0 Å². The quantitative estimate of drug-likeness (QED) is 0.768. The predicted molar refractivity (Wildman–Crippen MR) is 100 cm³/mol. The number of fused-ring (bicyclic) bond motifs is 1. The molecule has 0 saturated heterocycles. The molecule has 0 radical (unpaired) electrons. The van der Waals surface area contributed by atoms with Crippen LogP contribution < -0.4 is 11.1 Å². The van der Waals surface area contributed by atoms with E-state index in [9.17, 15) is 9.59 Å². The van der Waals surface area contributed by atoms with Crippen LogP contribution in [0.5, 0.6) is 0 Å². The van der Waals surface area contributed by atoms with Crippen LogP contribution in [0.15, 0.2) is 57.7 Å². The van der Waals surface area contributed by atoms with E-state index in [2.05, 4.69) is 29.6 Å². The third kappa shape index (κ3) is 2.94. The molecule has 1 aliphatic carbocycles. The largest absolute Gasteiger partial charge is 0.419 e. The summed E-state index contributed by atoms with van der Waals surface area (Å²) in [5.41, 5.74) is 2.82. The molecule has 0 atom stereocenters. The molecule has 1 aliphatic rings. The van der Waals surface area contributed by atoms with Crippen molar-refractivity contribution in [1.82, 2.24) is 9.88 Å². The van der Waals surface area contributed by atoms with Gasteiger partial charge in [0.15, 0.2) is 5.58 Å². The second-order valence-electron chi connectivity index (χ2n) is 7.28. The van der Waals surface area contributed by atoms with Crippen LogP contribution in [0.4, 0.5) is 0 Å². The topological polar surface area (TPSA) is 64.2 Å². The van der Waals surface area contributed by atoms with E-state index in [0.717, 1.165) is 19.3 Å². The van der Waals surface area contributed by atoms with Gasteiger partial charge in [-0.1, -0.05) is 42.8 Å². The van der Waals surface area contributed by atoms with Crippen LogP contribution >= 0.6 is 0 Å². The number of aryl methyl sites for hydroxylation is 1. The number of nitrogens with zero attached hydrogens (tertiary/aromatic N) is 1. The minimum Gasteiger partial charge on any atom is -0.407 e. The lowest BCUT2D eigenvalue weighted by molar-refractivity contribution is 0.0860. The molecule has 4 rings (SSSR count). The van der Waals surface area contributed by atoms with Crippen LogP contribution in [0.3, 0.4) is 0 Å². The lowest BCUT2D eigenvalue weighted by atomic mass is 9.65. The normalized spacial score (nSPS) is 15.6. The van der Waals surface area contributed by atoms with Crippen molar-refractivity contribution in [3.05, 3.63) is 70.2 Å². The van der Waals surface area contributed by atoms with Gasteiger partial charge in [0, 0.05) is 13.6 Å². The molecule has 1 fully saturated rings. The summed E-state index contributed by atoms with van der Waals surface area (Å²) < 4.78 is 6.68. The lowest BCUT2D eigenvalue weighted by Crippen LogP contribution is -2.43. The number of aromatic nitrogens is 1. The van der Waals surface area contributed by atoms with Gasteiger partial charge in [-0.2, -0.15) is 0 Å². The third-order valence-corrected chi connectivity index (χ3v) is 5.52. The molecular weight excluding hydrogens is 328 g/mol. The zero-order valence-corrected chi connectivity index (χ0v) is 14.8. The van der Waals surface area contributed by atoms with E-state index < -0.39 is 5.76 Å². The molecule has 1 N–H and O–H groups in total. The highest BCUT2D eigenvalue weighted by molar-refractivity contribution is 6.04. The van der Waals surface area contributed by atoms with Crippen molar-refractivity contribution < 1.29 is 9.21 Å². The number of benzene rings is 2. The van der Waals surface area contributed by atoms with Crippen LogP contribution in [0.1, 0.15) is 35.2 Å². The van der Waals surface area contributed by atoms with Crippen molar-refractivity contribution in [2.75, 3.05) is 6.54 Å². The molecular formula is C21H22N2O3. The van der Waals surface area contributed by atoms with Gasteiger partial charge in [-0.25, -0.2) is 4.79 Å². The second kappa shape index (κ2) is 6.48. The fourth-order valence-electron chi connectivity index (χ4n) is 3.81. The number of rotatable bonds is 5. The van der Waals surface area contributed by atoms with Crippen molar-refractivity contribution in [3.63, 3.8) is 0 Å². The number of para-hydroxylation sites is 1. The Morgan fingerprint density at radius 1 is 1.15 bits per heavy atom. The number of nitrogens with one attached hydrogen (secondary N) is 1. The summed E-state index contributed by atoms with van der Waals surface area (Å²) in [6.07, 6.45) is 4.41. The fourth-order valence-corrected chi connectivity index (χ4v) is 3.81. The van der Waals surface area contributed by atoms with Crippen molar-refractivity contribution in [2.45, 2.75) is 25.7 Å². The molecule has 1 amide bonds. The third-order valence-electron chi connectivity index (χ3n) is 5.52. The minimum atomic E-state index is -0.459. The van der Waals surface area contributed by atoms with Gasteiger partial charge in [-0.05, 0) is 42.4 Å². The Labute approximate surface area is 151 Å². The van der Waals surface area contributed by atoms with E-state index in [1.807, 2.05) is 6.07 Å². The second-order valence-corrected chi connectivity index (χ2v) is 7.28. The molecule has 1 saturated carbocycles. The molecule has 0 bridgehead atoms. The maximum absolute atomic E-state index is 12.7. The molecule has 134 valence electrons. The molecule has 5 heteroatoms. The Balaban J connectivity index is 1.52. The predicted octanol–water partition coefficient (Wildman–Crippen LogP) is 3.27. The Morgan fingerprint density at radius 3 is 2.62 bits per heavy atom. The summed E-state index contributed by atoms with van der Waals surface area (Å²) in [7, 11) is 1.64. The van der Waals surface area contributed by atoms with Gasteiger partial charge in [0.25, 0.3) is 5.91 Å². The van der Waals surface area contributed by atoms with E-state index >= 15 is 0 Å². The molecule has 1 aromatic heterocycles. The fraction of sp³-hybridized carbons (Fsp3) is 0.333. The van der Waals surface area contributed by atoms with E-state index in [1.54, 1.807) is 25.2 Å². The number of hydrogen-bond donors (Lipinski definition) is 1. The highest BCUT2D eigenvalue weighted by Gasteiger charge is 2.37. The van der Waals surface area contributed by atoms with Crippen LogP contribution in [0.25, 0.3) is 11.1 Å². The Hall–Kier alpha value is -2.82. The first-order valence-corrected chi connectivity index (χ1v) is 8.99. The van der Waals surface area contributed by atoms with Crippen molar-refractivity contribution in [1.29, 1.82) is 0 Å². The van der Waals surface area contributed by atoms with Gasteiger partial charge in [-0.15, -0.1) is 0 Å². The SMILES string of the molecule is Cn1c(=O)oc2c(C(=O)NCC3(Cc4ccccc4)CCC3)cccc21. The van der Waals surface area contributed by atoms with Gasteiger partial charge in [0.05, 0.1) is 11.1 Å². The van der Waals surface area contributed by atoms with Crippen molar-refractivity contribution >= 4 is 17.0 Å². The molecule has 3 aromatic rings. The highest BCUT2D eigenvalue weighted by Crippen LogP contribution is 2.43. The summed E-state index contributed by atoms with van der Waals surface area (Å²) in [6.45, 7) is 0.633. The number of carbonyl (C=O) groups excluding carboxylic acids is 1. The highest BCUT2D eigenvalue weighted by atomic mass is 16.4. The molecule has 0 spiro atoms. The number of amides is 1. The first-order chi connectivity index (χ1) is 12.6. The van der Waals surface area contributed by atoms with Crippen LogP contribution in [0, 0.1) is 5.41 Å². The molecule has 5 nitrogen and oxygen atoms in total. The summed E-state index contributed by atoms with van der Waals surface area (Å²) >= 11 is 0.